The van der Waals surface area contributed by atoms with Gasteiger partial charge in [-0.05, 0) is 172 Å². The molecule has 2 amide bonds. The topological polar surface area (TPSA) is 186 Å². The van der Waals surface area contributed by atoms with Crippen molar-refractivity contribution in [2.75, 3.05) is 23.7 Å². The van der Waals surface area contributed by atoms with Crippen molar-refractivity contribution in [3.8, 4) is 11.6 Å². The van der Waals surface area contributed by atoms with Gasteiger partial charge in [-0.25, -0.2) is 9.97 Å². The van der Waals surface area contributed by atoms with Crippen LogP contribution in [0.25, 0.3) is 55.5 Å². The number of halogens is 4. The van der Waals surface area contributed by atoms with Gasteiger partial charge in [0.2, 0.25) is 11.8 Å². The molecule has 6 aliphatic heterocycles. The monoisotopic (exact) mass is 1290 g/mol. The van der Waals surface area contributed by atoms with E-state index in [1.54, 1.807) is 70.0 Å². The van der Waals surface area contributed by atoms with Crippen molar-refractivity contribution >= 4 is 125 Å². The molecule has 0 unspecified atom stereocenters. The highest BCUT2D eigenvalue weighted by Crippen LogP contribution is 2.64. The van der Waals surface area contributed by atoms with E-state index in [4.69, 9.17) is 56.4 Å². The van der Waals surface area contributed by atoms with Crippen LogP contribution in [0.15, 0.2) is 194 Å². The Balaban J connectivity index is 0.000000141. The highest BCUT2D eigenvalue weighted by molar-refractivity contribution is 6.32. The minimum atomic E-state index is -1.28. The SMILES string of the molecule is O=C(c1ccc(Cl)cc1)[C@@H]1[C@@H](c2cc3ccccc3nc2-n2nnc3ccccc32)[C@@H]2CCCN2[C@@]12C(=O)Nc1ccc(Cl)cc12.O=C(c1ccc(Cl)cc1)[C@@H]1[C@@H](c2cc3ccccc3nc2-n2nnc3ccccc32)[C@@H]2CCCN2[C@@]12C(=O)Nc1ccc(Cl)cc12. The summed E-state index contributed by atoms with van der Waals surface area (Å²) in [6.45, 7) is 1.32. The zero-order valence-electron chi connectivity index (χ0n) is 48.8. The molecule has 2 N–H and O–H groups in total. The number of nitrogens with zero attached hydrogens (tertiary/aromatic N) is 10. The van der Waals surface area contributed by atoms with E-state index in [9.17, 15) is 9.59 Å². The van der Waals surface area contributed by atoms with Gasteiger partial charge < -0.3 is 10.6 Å². The number of hydrogen-bond donors (Lipinski definition) is 2. The van der Waals surface area contributed by atoms with E-state index in [2.05, 4.69) is 53.2 Å². The summed E-state index contributed by atoms with van der Waals surface area (Å²) < 4.78 is 3.54. The molecule has 10 heterocycles. The lowest BCUT2D eigenvalue weighted by atomic mass is 9.68. The molecule has 92 heavy (non-hydrogen) atoms. The van der Waals surface area contributed by atoms with Crippen LogP contribution in [0.3, 0.4) is 0 Å². The molecule has 16 nitrogen and oxygen atoms in total. The third-order valence-electron chi connectivity index (χ3n) is 20.0. The molecule has 4 aromatic heterocycles. The summed E-state index contributed by atoms with van der Waals surface area (Å²) in [6.07, 6.45) is 3.39. The van der Waals surface area contributed by atoms with Crippen LogP contribution in [0.4, 0.5) is 11.4 Å². The lowest BCUT2D eigenvalue weighted by molar-refractivity contribution is -0.128. The first kappa shape index (κ1) is 56.7. The first-order valence-corrected chi connectivity index (χ1v) is 32.2. The molecule has 0 bridgehead atoms. The average molecular weight is 1290 g/mol. The number of pyridine rings is 2. The number of amides is 2. The average Bonchev–Trinajstić information content (AvgIpc) is 1.52. The minimum Gasteiger partial charge on any atom is -0.324 e. The van der Waals surface area contributed by atoms with Crippen molar-refractivity contribution in [2.45, 2.75) is 60.7 Å². The first-order valence-electron chi connectivity index (χ1n) is 30.7. The largest absolute Gasteiger partial charge is 0.324 e. The molecule has 2 spiro atoms. The Kier molecular flexibility index (Phi) is 13.4. The van der Waals surface area contributed by atoms with Crippen molar-refractivity contribution < 1.29 is 19.2 Å². The zero-order valence-corrected chi connectivity index (χ0v) is 51.8. The summed E-state index contributed by atoms with van der Waals surface area (Å²) >= 11 is 25.8. The van der Waals surface area contributed by atoms with Gasteiger partial charge in [0.1, 0.15) is 22.1 Å². The van der Waals surface area contributed by atoms with E-state index in [1.165, 1.54) is 0 Å². The standard InChI is InChI=1S/2C36H26Cl2N6O2/c2*37-22-13-11-20(12-14-22)33(45)32-31(30-10-5-17-43(30)36(32)25-19-23(38)15-16-27(25)40-35(36)46)24-18-21-6-1-2-7-26(21)39-34(24)44-29-9-4-3-8-28(29)41-42-44/h2*1-4,6-9,11-16,18-19,30-32H,5,10,17H2,(H,40,46)/t2*30-,31-,32-,36+/m00/s1. The normalized spacial score (nSPS) is 23.7. The van der Waals surface area contributed by atoms with Gasteiger partial charge >= 0.3 is 0 Å². The predicted molar refractivity (Wildman–Crippen MR) is 355 cm³/mol. The second-order valence-corrected chi connectivity index (χ2v) is 26.3. The Morgan fingerprint density at radius 3 is 1.25 bits per heavy atom. The van der Waals surface area contributed by atoms with Crippen molar-refractivity contribution in [3.05, 3.63) is 248 Å². The molecule has 8 atom stereocenters. The second kappa shape index (κ2) is 21.7. The Labute approximate surface area is 546 Å². The van der Waals surface area contributed by atoms with Crippen LogP contribution in [0.5, 0.6) is 0 Å². The van der Waals surface area contributed by atoms with E-state index in [1.807, 2.05) is 121 Å². The molecule has 0 radical (unpaired) electrons. The lowest BCUT2D eigenvalue weighted by Gasteiger charge is -2.37. The third-order valence-corrected chi connectivity index (χ3v) is 21.0. The maximum atomic E-state index is 15.1. The number of rotatable bonds is 8. The molecule has 4 fully saturated rings. The molecule has 4 saturated heterocycles. The van der Waals surface area contributed by atoms with Crippen LogP contribution in [-0.2, 0) is 20.7 Å². The quantitative estimate of drug-likeness (QED) is 0.137. The van der Waals surface area contributed by atoms with E-state index < -0.39 is 34.7 Å². The van der Waals surface area contributed by atoms with Crippen LogP contribution in [0.2, 0.25) is 20.1 Å². The molecule has 8 aromatic carbocycles. The van der Waals surface area contributed by atoms with Gasteiger partial charge in [-0.15, -0.1) is 10.2 Å². The van der Waals surface area contributed by atoms with Crippen molar-refractivity contribution in [1.29, 1.82) is 0 Å². The maximum absolute atomic E-state index is 15.1. The van der Waals surface area contributed by atoms with Crippen LogP contribution in [-0.4, -0.2) is 98.3 Å². The van der Waals surface area contributed by atoms with Gasteiger partial charge in [-0.3, -0.25) is 29.0 Å². The van der Waals surface area contributed by atoms with Gasteiger partial charge in [-0.2, -0.15) is 9.36 Å². The number of aromatic nitrogens is 8. The highest BCUT2D eigenvalue weighted by Gasteiger charge is 2.71. The second-order valence-electron chi connectivity index (χ2n) is 24.5. The summed E-state index contributed by atoms with van der Waals surface area (Å²) in [7, 11) is 0. The summed E-state index contributed by atoms with van der Waals surface area (Å²) in [6, 6.07) is 60.1. The lowest BCUT2D eigenvalue weighted by Crippen LogP contribution is -2.52. The molecule has 18 rings (SSSR count). The first-order chi connectivity index (χ1) is 44.9. The highest BCUT2D eigenvalue weighted by atomic mass is 35.5. The summed E-state index contributed by atoms with van der Waals surface area (Å²) in [5.74, 6) is -1.97. The molecule has 20 heteroatoms. The summed E-state index contributed by atoms with van der Waals surface area (Å²) in [5.41, 5.74) is 7.60. The number of benzene rings is 8. The Morgan fingerprint density at radius 1 is 0.446 bits per heavy atom. The van der Waals surface area contributed by atoms with Gasteiger partial charge in [-0.1, -0.05) is 117 Å². The van der Waals surface area contributed by atoms with Gasteiger partial charge in [0.25, 0.3) is 0 Å². The number of anilines is 2. The predicted octanol–water partition coefficient (Wildman–Crippen LogP) is 14.4. The number of ketones is 2. The number of hydrogen-bond acceptors (Lipinski definition) is 12. The van der Waals surface area contributed by atoms with E-state index in [0.717, 1.165) is 91.8 Å². The fraction of sp³-hybridized carbons (Fsp3) is 0.194. The summed E-state index contributed by atoms with van der Waals surface area (Å²) in [5, 5.41) is 28.3. The van der Waals surface area contributed by atoms with Crippen LogP contribution in [0, 0.1) is 11.8 Å². The molecular formula is C72H52Cl4N12O4. The molecule has 6 aliphatic rings. The van der Waals surface area contributed by atoms with Crippen molar-refractivity contribution in [3.63, 3.8) is 0 Å². The Hall–Kier alpha value is -9.26. The number of fused-ring (bicyclic) bond motifs is 12. The van der Waals surface area contributed by atoms with Crippen LogP contribution < -0.4 is 10.6 Å². The number of nitrogens with one attached hydrogen (secondary N) is 2. The van der Waals surface area contributed by atoms with E-state index in [0.29, 0.717) is 67.3 Å². The molecule has 0 aliphatic carbocycles. The Morgan fingerprint density at radius 2 is 0.826 bits per heavy atom. The minimum absolute atomic E-state index is 0.131. The number of Topliss-reactive ketones (excluding diaryl/α,β-unsaturated/α-hetero) is 2. The number of para-hydroxylation sites is 4. The van der Waals surface area contributed by atoms with Gasteiger partial charge in [0, 0.05) is 99.5 Å². The zero-order chi connectivity index (χ0) is 62.3. The number of carbonyl (C=O) groups is 4. The van der Waals surface area contributed by atoms with E-state index in [-0.39, 0.29) is 35.5 Å². The maximum Gasteiger partial charge on any atom is 0.250 e. The fourth-order valence-corrected chi connectivity index (χ4v) is 17.1. The fourth-order valence-electron chi connectivity index (χ4n) is 16.5. The Bertz CT molecular complexity index is 4780. The molecule has 0 saturated carbocycles. The van der Waals surface area contributed by atoms with Crippen LogP contribution >= 0.6 is 46.4 Å². The van der Waals surface area contributed by atoms with Crippen molar-refractivity contribution in [2.24, 2.45) is 11.8 Å². The smallest absolute Gasteiger partial charge is 0.250 e. The van der Waals surface area contributed by atoms with Crippen LogP contribution in [0.1, 0.15) is 80.5 Å². The molecule has 452 valence electrons. The molecule has 12 aromatic rings. The number of carbonyl (C=O) groups excluding carboxylic acids is 4. The van der Waals surface area contributed by atoms with Gasteiger partial charge in [0.05, 0.1) is 33.9 Å². The molecular weight excluding hydrogens is 1240 g/mol. The van der Waals surface area contributed by atoms with Crippen molar-refractivity contribution in [1.82, 2.24) is 49.8 Å². The third kappa shape index (κ3) is 8.43. The van der Waals surface area contributed by atoms with Gasteiger partial charge in [0.15, 0.2) is 23.2 Å². The summed E-state index contributed by atoms with van der Waals surface area (Å²) in [4.78, 5) is 74.3. The van der Waals surface area contributed by atoms with E-state index >= 15 is 9.59 Å².